The van der Waals surface area contributed by atoms with Crippen molar-refractivity contribution in [3.05, 3.63) is 4.88 Å². The molecular formula is C15H23N3OS2. The number of hydrogen-bond acceptors (Lipinski definition) is 5. The van der Waals surface area contributed by atoms with Crippen LogP contribution >= 0.6 is 23.1 Å². The van der Waals surface area contributed by atoms with Gasteiger partial charge in [-0.15, -0.1) is 23.1 Å². The first-order valence-corrected chi connectivity index (χ1v) is 9.58. The molecule has 1 amide bonds. The summed E-state index contributed by atoms with van der Waals surface area (Å²) < 4.78 is 0. The van der Waals surface area contributed by atoms with Crippen molar-refractivity contribution in [2.24, 2.45) is 23.5 Å². The van der Waals surface area contributed by atoms with Crippen LogP contribution < -0.4 is 16.8 Å². The monoisotopic (exact) mass is 325 g/mol. The summed E-state index contributed by atoms with van der Waals surface area (Å²) in [6.45, 7) is 2.26. The molecule has 2 aliphatic rings. The van der Waals surface area contributed by atoms with E-state index in [9.17, 15) is 4.79 Å². The van der Waals surface area contributed by atoms with Crippen LogP contribution in [0.5, 0.6) is 0 Å². The molecule has 2 fully saturated rings. The molecule has 2 bridgehead atoms. The smallest absolute Gasteiger partial charge is 0.261 e. The number of anilines is 2. The summed E-state index contributed by atoms with van der Waals surface area (Å²) in [5.74, 6) is 2.13. The number of carbonyl (C=O) groups excluding carboxylic acids is 1. The molecule has 0 aromatic carbocycles. The Morgan fingerprint density at radius 2 is 2.19 bits per heavy atom. The van der Waals surface area contributed by atoms with Crippen LogP contribution in [0.2, 0.25) is 0 Å². The van der Waals surface area contributed by atoms with Gasteiger partial charge in [-0.2, -0.15) is 0 Å². The zero-order valence-electron chi connectivity index (χ0n) is 12.5. The van der Waals surface area contributed by atoms with Gasteiger partial charge in [-0.05, 0) is 50.2 Å². The number of primary amides is 1. The van der Waals surface area contributed by atoms with Gasteiger partial charge in [0.25, 0.3) is 5.91 Å². The summed E-state index contributed by atoms with van der Waals surface area (Å²) in [4.78, 5) is 12.9. The van der Waals surface area contributed by atoms with Crippen molar-refractivity contribution in [1.82, 2.24) is 0 Å². The first-order valence-electron chi connectivity index (χ1n) is 7.53. The molecule has 116 valence electrons. The summed E-state index contributed by atoms with van der Waals surface area (Å²) in [6, 6.07) is 0.421. The lowest BCUT2D eigenvalue weighted by molar-refractivity contribution is 0.100. The van der Waals surface area contributed by atoms with E-state index in [-0.39, 0.29) is 0 Å². The molecular weight excluding hydrogens is 302 g/mol. The van der Waals surface area contributed by atoms with Crippen molar-refractivity contribution >= 4 is 39.7 Å². The van der Waals surface area contributed by atoms with Gasteiger partial charge in [-0.1, -0.05) is 6.42 Å². The standard InChI is InChI=1S/C15H23N3OS2/c1-7(10-6-8-3-4-9(10)5-8)18-15-13(20-2)11(16)12(21-15)14(17)19/h7-10,18H,3-6,16H2,1-2H3,(H2,17,19). The number of thioether (sulfide) groups is 1. The van der Waals surface area contributed by atoms with Gasteiger partial charge in [0.15, 0.2) is 0 Å². The number of nitrogens with one attached hydrogen (secondary N) is 1. The number of hydrogen-bond donors (Lipinski definition) is 3. The number of fused-ring (bicyclic) bond motifs is 2. The molecule has 5 N–H and O–H groups in total. The SMILES string of the molecule is CSc1c(NC(C)C2CC3CCC2C3)sc(C(N)=O)c1N. The average Bonchev–Trinajstić information content (AvgIpc) is 3.12. The van der Waals surface area contributed by atoms with Gasteiger partial charge in [0.05, 0.1) is 10.6 Å². The molecule has 0 radical (unpaired) electrons. The number of nitrogen functional groups attached to an aromatic ring is 1. The Labute approximate surface area is 134 Å². The molecule has 2 saturated carbocycles. The van der Waals surface area contributed by atoms with Crippen molar-refractivity contribution in [3.8, 4) is 0 Å². The third-order valence-electron chi connectivity index (χ3n) is 5.12. The van der Waals surface area contributed by atoms with Gasteiger partial charge in [0.1, 0.15) is 9.88 Å². The molecule has 6 heteroatoms. The minimum atomic E-state index is -0.437. The minimum absolute atomic E-state index is 0.421. The number of nitrogens with two attached hydrogens (primary N) is 2. The van der Waals surface area contributed by atoms with Gasteiger partial charge in [-0.3, -0.25) is 4.79 Å². The fraction of sp³-hybridized carbons (Fsp3) is 0.667. The summed E-state index contributed by atoms with van der Waals surface area (Å²) in [5.41, 5.74) is 12.0. The highest BCUT2D eigenvalue weighted by molar-refractivity contribution is 7.99. The highest BCUT2D eigenvalue weighted by Gasteiger charge is 2.42. The van der Waals surface area contributed by atoms with Crippen molar-refractivity contribution in [2.75, 3.05) is 17.3 Å². The van der Waals surface area contributed by atoms with Gasteiger partial charge in [0.2, 0.25) is 0 Å². The van der Waals surface area contributed by atoms with Gasteiger partial charge in [-0.25, -0.2) is 0 Å². The maximum absolute atomic E-state index is 11.5. The van der Waals surface area contributed by atoms with Crippen molar-refractivity contribution in [2.45, 2.75) is 43.5 Å². The van der Waals surface area contributed by atoms with E-state index in [1.54, 1.807) is 11.8 Å². The zero-order valence-corrected chi connectivity index (χ0v) is 14.2. The topological polar surface area (TPSA) is 81.1 Å². The van der Waals surface area contributed by atoms with E-state index in [2.05, 4.69) is 12.2 Å². The second-order valence-corrected chi connectivity index (χ2v) is 8.18. The normalized spacial score (nSPS) is 28.8. The molecule has 0 saturated heterocycles. The molecule has 1 heterocycles. The third-order valence-corrected chi connectivity index (χ3v) is 7.23. The Kier molecular flexibility index (Phi) is 4.10. The quantitative estimate of drug-likeness (QED) is 0.725. The Morgan fingerprint density at radius 3 is 2.71 bits per heavy atom. The molecule has 4 nitrogen and oxygen atoms in total. The van der Waals surface area contributed by atoms with E-state index in [0.717, 1.165) is 27.7 Å². The van der Waals surface area contributed by atoms with Crippen LogP contribution in [0.3, 0.4) is 0 Å². The van der Waals surface area contributed by atoms with Crippen LogP contribution in [-0.2, 0) is 0 Å². The molecule has 0 spiro atoms. The molecule has 0 aliphatic heterocycles. The minimum Gasteiger partial charge on any atom is -0.396 e. The highest BCUT2D eigenvalue weighted by Crippen LogP contribution is 2.50. The Hall–Kier alpha value is -0.880. The Morgan fingerprint density at radius 1 is 1.43 bits per heavy atom. The van der Waals surface area contributed by atoms with E-state index in [0.29, 0.717) is 16.6 Å². The second-order valence-electron chi connectivity index (χ2n) is 6.34. The fourth-order valence-electron chi connectivity index (χ4n) is 4.13. The number of amides is 1. The van der Waals surface area contributed by atoms with E-state index >= 15 is 0 Å². The lowest BCUT2D eigenvalue weighted by atomic mass is 9.84. The maximum Gasteiger partial charge on any atom is 0.261 e. The first kappa shape index (κ1) is 15.0. The van der Waals surface area contributed by atoms with E-state index in [1.165, 1.54) is 37.0 Å². The molecule has 1 aromatic rings. The molecule has 2 aliphatic carbocycles. The maximum atomic E-state index is 11.5. The van der Waals surface area contributed by atoms with Crippen molar-refractivity contribution in [1.29, 1.82) is 0 Å². The van der Waals surface area contributed by atoms with Crippen molar-refractivity contribution < 1.29 is 4.79 Å². The van der Waals surface area contributed by atoms with E-state index in [4.69, 9.17) is 11.5 Å². The number of rotatable bonds is 5. The van der Waals surface area contributed by atoms with Crippen LogP contribution in [0.4, 0.5) is 10.7 Å². The summed E-state index contributed by atoms with van der Waals surface area (Å²) in [5, 5.41) is 4.62. The van der Waals surface area contributed by atoms with Crippen LogP contribution in [0.25, 0.3) is 0 Å². The van der Waals surface area contributed by atoms with Crippen LogP contribution in [0, 0.1) is 17.8 Å². The van der Waals surface area contributed by atoms with Crippen molar-refractivity contribution in [3.63, 3.8) is 0 Å². The summed E-state index contributed by atoms with van der Waals surface area (Å²) >= 11 is 2.97. The average molecular weight is 326 g/mol. The molecule has 4 unspecified atom stereocenters. The molecule has 21 heavy (non-hydrogen) atoms. The number of carbonyl (C=O) groups is 1. The fourth-order valence-corrected chi connectivity index (χ4v) is 6.10. The predicted molar refractivity (Wildman–Crippen MR) is 91.1 cm³/mol. The molecule has 1 aromatic heterocycles. The van der Waals surface area contributed by atoms with Crippen LogP contribution in [0.15, 0.2) is 4.90 Å². The largest absolute Gasteiger partial charge is 0.396 e. The van der Waals surface area contributed by atoms with E-state index in [1.807, 2.05) is 6.26 Å². The lowest BCUT2D eigenvalue weighted by Gasteiger charge is -2.29. The van der Waals surface area contributed by atoms with E-state index < -0.39 is 5.91 Å². The molecule has 4 atom stereocenters. The van der Waals surface area contributed by atoms with Crippen LogP contribution in [0.1, 0.15) is 42.3 Å². The van der Waals surface area contributed by atoms with Gasteiger partial charge in [0, 0.05) is 6.04 Å². The zero-order chi connectivity index (χ0) is 15.1. The highest BCUT2D eigenvalue weighted by atomic mass is 32.2. The second kappa shape index (κ2) is 5.72. The first-order chi connectivity index (χ1) is 10.0. The Balaban J connectivity index is 1.78. The molecule has 3 rings (SSSR count). The Bertz CT molecular complexity index is 557. The van der Waals surface area contributed by atoms with Gasteiger partial charge < -0.3 is 16.8 Å². The number of thiophene rings is 1. The summed E-state index contributed by atoms with van der Waals surface area (Å²) in [7, 11) is 0. The summed E-state index contributed by atoms with van der Waals surface area (Å²) in [6.07, 6.45) is 7.54. The predicted octanol–water partition coefficient (Wildman–Crippen LogP) is 3.39. The third kappa shape index (κ3) is 2.63. The lowest BCUT2D eigenvalue weighted by Crippen LogP contribution is -2.29. The van der Waals surface area contributed by atoms with Gasteiger partial charge >= 0.3 is 0 Å². The van der Waals surface area contributed by atoms with Crippen LogP contribution in [-0.4, -0.2) is 18.2 Å².